The van der Waals surface area contributed by atoms with E-state index in [1.54, 1.807) is 25.1 Å². The highest BCUT2D eigenvalue weighted by Crippen LogP contribution is 2.34. The summed E-state index contributed by atoms with van der Waals surface area (Å²) < 4.78 is 0. The van der Waals surface area contributed by atoms with Crippen molar-refractivity contribution in [1.82, 2.24) is 0 Å². The van der Waals surface area contributed by atoms with Gasteiger partial charge in [0.15, 0.2) is 0 Å². The van der Waals surface area contributed by atoms with Crippen LogP contribution in [0.3, 0.4) is 0 Å². The van der Waals surface area contributed by atoms with E-state index >= 15 is 0 Å². The molecule has 1 aromatic rings. The summed E-state index contributed by atoms with van der Waals surface area (Å²) in [5, 5.41) is 19.7. The van der Waals surface area contributed by atoms with Crippen LogP contribution in [0.15, 0.2) is 29.2 Å². The van der Waals surface area contributed by atoms with Crippen molar-refractivity contribution in [2.75, 3.05) is 0 Å². The molecule has 0 saturated heterocycles. The highest BCUT2D eigenvalue weighted by Gasteiger charge is 2.23. The van der Waals surface area contributed by atoms with Gasteiger partial charge in [-0.05, 0) is 19.4 Å². The van der Waals surface area contributed by atoms with Gasteiger partial charge in [-0.25, -0.2) is 0 Å². The van der Waals surface area contributed by atoms with Gasteiger partial charge in [0.25, 0.3) is 5.69 Å². The molecule has 0 bridgehead atoms. The lowest BCUT2D eigenvalue weighted by Gasteiger charge is -2.20. The van der Waals surface area contributed by atoms with Gasteiger partial charge in [-0.3, -0.25) is 10.1 Å². The first kappa shape index (κ1) is 14.5. The second-order valence-electron chi connectivity index (χ2n) is 4.39. The first-order chi connectivity index (χ1) is 8.35. The minimum Gasteiger partial charge on any atom is -0.314 e. The molecule has 0 aliphatic carbocycles. The number of nitrogens with two attached hydrogens (primary N) is 1. The lowest BCUT2D eigenvalue weighted by molar-refractivity contribution is -0.387. The zero-order chi connectivity index (χ0) is 13.8. The maximum atomic E-state index is 10.9. The number of nitriles is 1. The molecule has 0 saturated carbocycles. The van der Waals surface area contributed by atoms with Crippen molar-refractivity contribution in [3.63, 3.8) is 0 Å². The molecule has 2 atom stereocenters. The third-order valence-electron chi connectivity index (χ3n) is 2.36. The molecule has 2 unspecified atom stereocenters. The molecule has 0 heterocycles. The average Bonchev–Trinajstić information content (AvgIpc) is 2.28. The Hall–Kier alpha value is -1.58. The SMILES string of the molecule is CC(CC(C)(N)C#N)Sc1ccccc1[N+](=O)[O-]. The summed E-state index contributed by atoms with van der Waals surface area (Å²) in [7, 11) is 0. The van der Waals surface area contributed by atoms with Crippen molar-refractivity contribution in [3.8, 4) is 6.07 Å². The Morgan fingerprint density at radius 1 is 1.61 bits per heavy atom. The second kappa shape index (κ2) is 5.85. The van der Waals surface area contributed by atoms with Gasteiger partial charge in [0, 0.05) is 11.3 Å². The van der Waals surface area contributed by atoms with Gasteiger partial charge in [-0.1, -0.05) is 19.1 Å². The van der Waals surface area contributed by atoms with Crippen LogP contribution < -0.4 is 5.73 Å². The first-order valence-corrected chi connectivity index (χ1v) is 6.34. The number of nitrogens with zero attached hydrogens (tertiary/aromatic N) is 2. The van der Waals surface area contributed by atoms with Gasteiger partial charge in [-0.15, -0.1) is 11.8 Å². The van der Waals surface area contributed by atoms with Crippen molar-refractivity contribution < 1.29 is 4.92 Å². The summed E-state index contributed by atoms with van der Waals surface area (Å²) in [5.41, 5.74) is 4.94. The second-order valence-corrected chi connectivity index (χ2v) is 5.87. The molecule has 1 rings (SSSR count). The fourth-order valence-corrected chi connectivity index (χ4v) is 2.89. The summed E-state index contributed by atoms with van der Waals surface area (Å²) in [6.45, 7) is 3.56. The fraction of sp³-hybridized carbons (Fsp3) is 0.417. The smallest absolute Gasteiger partial charge is 0.282 e. The topological polar surface area (TPSA) is 93.0 Å². The van der Waals surface area contributed by atoms with Crippen molar-refractivity contribution in [2.45, 2.75) is 36.0 Å². The van der Waals surface area contributed by atoms with Gasteiger partial charge in [0.1, 0.15) is 5.54 Å². The summed E-state index contributed by atoms with van der Waals surface area (Å²) in [6, 6.07) is 8.60. The lowest BCUT2D eigenvalue weighted by atomic mass is 10.00. The van der Waals surface area contributed by atoms with Crippen LogP contribution in [0.2, 0.25) is 0 Å². The molecular weight excluding hydrogens is 250 g/mol. The molecule has 0 aliphatic rings. The highest BCUT2D eigenvalue weighted by molar-refractivity contribution is 8.00. The minimum absolute atomic E-state index is 0.0285. The number of nitro benzene ring substituents is 1. The van der Waals surface area contributed by atoms with E-state index in [-0.39, 0.29) is 10.9 Å². The summed E-state index contributed by atoms with van der Waals surface area (Å²) in [6.07, 6.45) is 0.472. The van der Waals surface area contributed by atoms with Crippen LogP contribution in [0.1, 0.15) is 20.3 Å². The normalized spacial score (nSPS) is 15.4. The van der Waals surface area contributed by atoms with Crippen molar-refractivity contribution >= 4 is 17.4 Å². The van der Waals surface area contributed by atoms with E-state index in [4.69, 9.17) is 11.0 Å². The number of hydrogen-bond acceptors (Lipinski definition) is 5. The van der Waals surface area contributed by atoms with E-state index in [9.17, 15) is 10.1 Å². The molecule has 5 nitrogen and oxygen atoms in total. The van der Waals surface area contributed by atoms with Crippen molar-refractivity contribution in [2.24, 2.45) is 5.73 Å². The van der Waals surface area contributed by atoms with Crippen LogP contribution in [-0.4, -0.2) is 15.7 Å². The lowest BCUT2D eigenvalue weighted by Crippen LogP contribution is -2.36. The Morgan fingerprint density at radius 3 is 2.78 bits per heavy atom. The summed E-state index contributed by atoms with van der Waals surface area (Å²) >= 11 is 1.37. The van der Waals surface area contributed by atoms with Gasteiger partial charge in [-0.2, -0.15) is 5.26 Å². The molecule has 1 aromatic carbocycles. The van der Waals surface area contributed by atoms with Crippen LogP contribution in [0.5, 0.6) is 0 Å². The Kier molecular flexibility index (Phi) is 4.70. The van der Waals surface area contributed by atoms with Crippen LogP contribution in [0.25, 0.3) is 0 Å². The zero-order valence-electron chi connectivity index (χ0n) is 10.3. The van der Waals surface area contributed by atoms with Crippen LogP contribution in [0, 0.1) is 21.4 Å². The molecule has 0 aliphatic heterocycles. The van der Waals surface area contributed by atoms with Gasteiger partial charge < -0.3 is 5.73 Å². The minimum atomic E-state index is -0.907. The molecular formula is C12H15N3O2S. The fourth-order valence-electron chi connectivity index (χ4n) is 1.61. The molecule has 2 N–H and O–H groups in total. The first-order valence-electron chi connectivity index (χ1n) is 5.46. The summed E-state index contributed by atoms with van der Waals surface area (Å²) in [4.78, 5) is 11.1. The van der Waals surface area contributed by atoms with Crippen molar-refractivity contribution in [3.05, 3.63) is 34.4 Å². The van der Waals surface area contributed by atoms with Crippen LogP contribution in [0.4, 0.5) is 5.69 Å². The van der Waals surface area contributed by atoms with E-state index in [0.29, 0.717) is 11.3 Å². The zero-order valence-corrected chi connectivity index (χ0v) is 11.1. The van der Waals surface area contributed by atoms with E-state index in [2.05, 4.69) is 0 Å². The Bertz CT molecular complexity index is 482. The van der Waals surface area contributed by atoms with E-state index in [0.717, 1.165) is 0 Å². The number of thioether (sulfide) groups is 1. The van der Waals surface area contributed by atoms with E-state index in [1.165, 1.54) is 17.8 Å². The van der Waals surface area contributed by atoms with Crippen LogP contribution in [-0.2, 0) is 0 Å². The van der Waals surface area contributed by atoms with Crippen molar-refractivity contribution in [1.29, 1.82) is 5.26 Å². The molecule has 0 aromatic heterocycles. The number of rotatable bonds is 5. The predicted molar refractivity (Wildman–Crippen MR) is 71.2 cm³/mol. The largest absolute Gasteiger partial charge is 0.314 e. The monoisotopic (exact) mass is 265 g/mol. The third kappa shape index (κ3) is 4.02. The number of hydrogen-bond donors (Lipinski definition) is 1. The average molecular weight is 265 g/mol. The highest BCUT2D eigenvalue weighted by atomic mass is 32.2. The number of nitro groups is 1. The maximum Gasteiger partial charge on any atom is 0.282 e. The third-order valence-corrected chi connectivity index (χ3v) is 3.53. The van der Waals surface area contributed by atoms with E-state index in [1.807, 2.05) is 13.0 Å². The Balaban J connectivity index is 2.80. The molecule has 6 heteroatoms. The van der Waals surface area contributed by atoms with Gasteiger partial charge in [0.2, 0.25) is 0 Å². The molecule has 0 amide bonds. The predicted octanol–water partition coefficient (Wildman–Crippen LogP) is 2.71. The van der Waals surface area contributed by atoms with Gasteiger partial charge in [0.05, 0.1) is 15.9 Å². The molecule has 0 radical (unpaired) electrons. The summed E-state index contributed by atoms with van der Waals surface area (Å²) in [5.74, 6) is 0. The van der Waals surface area contributed by atoms with E-state index < -0.39 is 10.5 Å². The maximum absolute atomic E-state index is 10.9. The van der Waals surface area contributed by atoms with Gasteiger partial charge >= 0.3 is 0 Å². The molecule has 96 valence electrons. The quantitative estimate of drug-likeness (QED) is 0.502. The standard InChI is InChI=1S/C12H15N3O2S/c1-9(7-12(2,14)8-13)18-11-6-4-3-5-10(11)15(16)17/h3-6,9H,7,14H2,1-2H3. The molecule has 0 spiro atoms. The Morgan fingerprint density at radius 2 is 2.22 bits per heavy atom. The Labute approximate surface area is 110 Å². The number of benzene rings is 1. The number of para-hydroxylation sites is 1. The van der Waals surface area contributed by atoms with Crippen LogP contribution >= 0.6 is 11.8 Å². The molecule has 0 fully saturated rings. The molecule has 18 heavy (non-hydrogen) atoms.